The molecule has 4 rings (SSSR count). The lowest BCUT2D eigenvalue weighted by Crippen LogP contribution is -2.33. The van der Waals surface area contributed by atoms with Gasteiger partial charge in [-0.05, 0) is 62.0 Å². The van der Waals surface area contributed by atoms with Gasteiger partial charge in [0.25, 0.3) is 0 Å². The molecule has 0 saturated carbocycles. The van der Waals surface area contributed by atoms with Crippen molar-refractivity contribution in [3.05, 3.63) is 65.0 Å². The van der Waals surface area contributed by atoms with Gasteiger partial charge in [0, 0.05) is 7.05 Å². The molecule has 1 fully saturated rings. The highest BCUT2D eigenvalue weighted by Crippen LogP contribution is 2.34. The maximum atomic E-state index is 13.0. The molecule has 0 N–H and O–H groups in total. The Morgan fingerprint density at radius 1 is 1.07 bits per heavy atom. The first-order chi connectivity index (χ1) is 13.3. The first-order valence-corrected chi connectivity index (χ1v) is 9.63. The van der Waals surface area contributed by atoms with Crippen LogP contribution in [0, 0.1) is 6.92 Å². The second-order valence-corrected chi connectivity index (χ2v) is 7.70. The van der Waals surface area contributed by atoms with Crippen molar-refractivity contribution in [2.75, 3.05) is 13.1 Å². The first kappa shape index (κ1) is 19.0. The summed E-state index contributed by atoms with van der Waals surface area (Å²) in [4.78, 5) is 7.13. The molecule has 0 atom stereocenters. The number of benzene rings is 2. The largest absolute Gasteiger partial charge is 0.416 e. The minimum absolute atomic E-state index is 0.182. The zero-order valence-corrected chi connectivity index (χ0v) is 16.1. The lowest BCUT2D eigenvalue weighted by Gasteiger charge is -2.32. The summed E-state index contributed by atoms with van der Waals surface area (Å²) >= 11 is 0. The first-order valence-electron chi connectivity index (χ1n) is 9.63. The van der Waals surface area contributed by atoms with E-state index in [4.69, 9.17) is 4.98 Å². The highest BCUT2D eigenvalue weighted by atomic mass is 19.4. The fraction of sp³-hybridized carbons (Fsp3) is 0.409. The third-order valence-electron chi connectivity index (χ3n) is 5.83. The molecule has 0 spiro atoms. The van der Waals surface area contributed by atoms with E-state index in [1.165, 1.54) is 17.7 Å². The Morgan fingerprint density at radius 2 is 1.79 bits per heavy atom. The van der Waals surface area contributed by atoms with Crippen molar-refractivity contribution in [1.82, 2.24) is 14.5 Å². The van der Waals surface area contributed by atoms with Gasteiger partial charge >= 0.3 is 6.18 Å². The van der Waals surface area contributed by atoms with E-state index in [2.05, 4.69) is 22.5 Å². The Morgan fingerprint density at radius 3 is 2.46 bits per heavy atom. The molecule has 0 radical (unpaired) electrons. The third-order valence-corrected chi connectivity index (χ3v) is 5.83. The van der Waals surface area contributed by atoms with Crippen molar-refractivity contribution in [3.8, 4) is 0 Å². The number of aryl methyl sites for hydroxylation is 2. The van der Waals surface area contributed by atoms with Crippen molar-refractivity contribution >= 4 is 11.0 Å². The number of halogens is 3. The van der Waals surface area contributed by atoms with Crippen LogP contribution in [-0.2, 0) is 19.8 Å². The van der Waals surface area contributed by atoms with Crippen molar-refractivity contribution in [2.45, 2.75) is 38.4 Å². The number of fused-ring (bicyclic) bond motifs is 1. The Bertz CT molecular complexity index is 982. The van der Waals surface area contributed by atoms with Gasteiger partial charge in [-0.3, -0.25) is 4.90 Å². The molecule has 0 aliphatic carbocycles. The van der Waals surface area contributed by atoms with Gasteiger partial charge in [0.05, 0.1) is 23.1 Å². The predicted octanol–water partition coefficient (Wildman–Crippen LogP) is 5.28. The van der Waals surface area contributed by atoms with Crippen LogP contribution in [0.3, 0.4) is 0 Å². The standard InChI is InChI=1S/C22H24F3N3/c1-15-5-3-8-19-21(15)27(2)20(26-19)14-28-11-9-16(10-12-28)17-6-4-7-18(13-17)22(23,24)25/h3-8,13,16H,9-12,14H2,1-2H3. The number of piperidine rings is 1. The van der Waals surface area contributed by atoms with E-state index < -0.39 is 11.7 Å². The Balaban J connectivity index is 1.44. The molecule has 1 aliphatic rings. The van der Waals surface area contributed by atoms with Gasteiger partial charge < -0.3 is 4.57 Å². The number of hydrogen-bond donors (Lipinski definition) is 0. The van der Waals surface area contributed by atoms with E-state index in [9.17, 15) is 13.2 Å². The van der Waals surface area contributed by atoms with E-state index in [0.29, 0.717) is 0 Å². The number of alkyl halides is 3. The SMILES string of the molecule is Cc1cccc2nc(CN3CCC(c4cccc(C(F)(F)F)c4)CC3)n(C)c12. The number of nitrogens with zero attached hydrogens (tertiary/aromatic N) is 3. The molecule has 1 aromatic heterocycles. The smallest absolute Gasteiger partial charge is 0.330 e. The topological polar surface area (TPSA) is 21.1 Å². The van der Waals surface area contributed by atoms with Crippen molar-refractivity contribution in [3.63, 3.8) is 0 Å². The van der Waals surface area contributed by atoms with Gasteiger partial charge in [0.15, 0.2) is 0 Å². The molecule has 0 amide bonds. The van der Waals surface area contributed by atoms with Crippen LogP contribution in [0.25, 0.3) is 11.0 Å². The molecule has 3 aromatic rings. The quantitative estimate of drug-likeness (QED) is 0.610. The van der Waals surface area contributed by atoms with E-state index >= 15 is 0 Å². The highest BCUT2D eigenvalue weighted by Gasteiger charge is 2.31. The molecule has 0 bridgehead atoms. The third kappa shape index (κ3) is 3.65. The van der Waals surface area contributed by atoms with Crippen LogP contribution in [0.4, 0.5) is 13.2 Å². The number of aromatic nitrogens is 2. The van der Waals surface area contributed by atoms with Crippen molar-refractivity contribution in [2.24, 2.45) is 7.05 Å². The fourth-order valence-corrected chi connectivity index (χ4v) is 4.25. The Labute approximate surface area is 162 Å². The van der Waals surface area contributed by atoms with Crippen LogP contribution in [0.1, 0.15) is 41.3 Å². The molecular weight excluding hydrogens is 363 g/mol. The average Bonchev–Trinajstić information content (AvgIpc) is 2.98. The average molecular weight is 387 g/mol. The second-order valence-electron chi connectivity index (χ2n) is 7.70. The molecule has 1 saturated heterocycles. The van der Waals surface area contributed by atoms with Crippen molar-refractivity contribution in [1.29, 1.82) is 0 Å². The summed E-state index contributed by atoms with van der Waals surface area (Å²) < 4.78 is 41.1. The summed E-state index contributed by atoms with van der Waals surface area (Å²) in [5.74, 6) is 1.21. The number of imidazole rings is 1. The van der Waals surface area contributed by atoms with Crippen LogP contribution in [0.5, 0.6) is 0 Å². The summed E-state index contributed by atoms with van der Waals surface area (Å²) in [5.41, 5.74) is 3.63. The Hall–Kier alpha value is -2.34. The monoisotopic (exact) mass is 387 g/mol. The number of rotatable bonds is 3. The summed E-state index contributed by atoms with van der Waals surface area (Å²) in [6.07, 6.45) is -2.55. The summed E-state index contributed by atoms with van der Waals surface area (Å²) in [6, 6.07) is 12.0. The van der Waals surface area contributed by atoms with E-state index in [1.54, 1.807) is 0 Å². The number of para-hydroxylation sites is 1. The predicted molar refractivity (Wildman–Crippen MR) is 104 cm³/mol. The van der Waals surface area contributed by atoms with Gasteiger partial charge in [-0.25, -0.2) is 4.98 Å². The van der Waals surface area contributed by atoms with E-state index in [-0.39, 0.29) is 5.92 Å². The lowest BCUT2D eigenvalue weighted by molar-refractivity contribution is -0.137. The Kier molecular flexibility index (Phi) is 4.91. The van der Waals surface area contributed by atoms with Crippen LogP contribution in [0.2, 0.25) is 0 Å². The maximum absolute atomic E-state index is 13.0. The van der Waals surface area contributed by atoms with Gasteiger partial charge in [0.1, 0.15) is 5.82 Å². The van der Waals surface area contributed by atoms with Crippen LogP contribution in [0.15, 0.2) is 42.5 Å². The summed E-state index contributed by atoms with van der Waals surface area (Å²) in [6.45, 7) is 4.58. The highest BCUT2D eigenvalue weighted by molar-refractivity contribution is 5.79. The van der Waals surface area contributed by atoms with Crippen LogP contribution in [-0.4, -0.2) is 27.5 Å². The summed E-state index contributed by atoms with van der Waals surface area (Å²) in [5, 5.41) is 0. The minimum Gasteiger partial charge on any atom is -0.330 e. The van der Waals surface area contributed by atoms with Gasteiger partial charge in [-0.2, -0.15) is 13.2 Å². The van der Waals surface area contributed by atoms with Crippen LogP contribution >= 0.6 is 0 Å². The zero-order chi connectivity index (χ0) is 19.9. The van der Waals surface area contributed by atoms with E-state index in [0.717, 1.165) is 61.0 Å². The number of hydrogen-bond acceptors (Lipinski definition) is 2. The van der Waals surface area contributed by atoms with Gasteiger partial charge in [0.2, 0.25) is 0 Å². The molecule has 3 nitrogen and oxygen atoms in total. The van der Waals surface area contributed by atoms with E-state index in [1.807, 2.05) is 25.2 Å². The minimum atomic E-state index is -4.28. The zero-order valence-electron chi connectivity index (χ0n) is 16.1. The molecule has 148 valence electrons. The fourth-order valence-electron chi connectivity index (χ4n) is 4.25. The maximum Gasteiger partial charge on any atom is 0.416 e. The molecule has 2 heterocycles. The van der Waals surface area contributed by atoms with Gasteiger partial charge in [-0.15, -0.1) is 0 Å². The molecule has 0 unspecified atom stereocenters. The molecular formula is C22H24F3N3. The summed E-state index contributed by atoms with van der Waals surface area (Å²) in [7, 11) is 2.05. The normalized spacial score (nSPS) is 16.8. The molecule has 28 heavy (non-hydrogen) atoms. The van der Waals surface area contributed by atoms with Gasteiger partial charge in [-0.1, -0.05) is 30.3 Å². The molecule has 2 aromatic carbocycles. The molecule has 1 aliphatic heterocycles. The lowest BCUT2D eigenvalue weighted by atomic mass is 9.88. The second kappa shape index (κ2) is 7.24. The van der Waals surface area contributed by atoms with Crippen LogP contribution < -0.4 is 0 Å². The molecule has 6 heteroatoms. The van der Waals surface area contributed by atoms with Crippen molar-refractivity contribution < 1.29 is 13.2 Å². The number of likely N-dealkylation sites (tertiary alicyclic amines) is 1.